The molecule has 0 amide bonds. The Morgan fingerprint density at radius 1 is 0.933 bits per heavy atom. The number of hydrogen-bond acceptors (Lipinski definition) is 2. The fourth-order valence-electron chi connectivity index (χ4n) is 2.40. The lowest BCUT2D eigenvalue weighted by Gasteiger charge is -2.24. The molecule has 2 heteroatoms. The SMILES string of the molecule is C1CCCN(CCNCC2CC2)CCC1. The standard InChI is InChI=1S/C13H26N2/c1-2-4-9-15(10-5-3-1)11-8-14-12-13-6-7-13/h13-14H,1-12H2. The number of hydrogen-bond donors (Lipinski definition) is 1. The van der Waals surface area contributed by atoms with Crippen molar-refractivity contribution < 1.29 is 0 Å². The van der Waals surface area contributed by atoms with Gasteiger partial charge in [-0.2, -0.15) is 0 Å². The third-order valence-corrected chi connectivity index (χ3v) is 3.68. The smallest absolute Gasteiger partial charge is 0.0107 e. The lowest BCUT2D eigenvalue weighted by Crippen LogP contribution is -2.34. The average Bonchev–Trinajstić information content (AvgIpc) is 2.98. The Morgan fingerprint density at radius 2 is 1.60 bits per heavy atom. The molecule has 0 spiro atoms. The summed E-state index contributed by atoms with van der Waals surface area (Å²) in [5.41, 5.74) is 0. The van der Waals surface area contributed by atoms with Crippen molar-refractivity contribution in [1.29, 1.82) is 0 Å². The summed E-state index contributed by atoms with van der Waals surface area (Å²) in [4.78, 5) is 2.65. The molecule has 2 rings (SSSR count). The Kier molecular flexibility index (Phi) is 4.94. The van der Waals surface area contributed by atoms with Crippen molar-refractivity contribution in [3.05, 3.63) is 0 Å². The van der Waals surface area contributed by atoms with Crippen LogP contribution in [0.1, 0.15) is 44.9 Å². The van der Waals surface area contributed by atoms with Crippen LogP contribution < -0.4 is 5.32 Å². The van der Waals surface area contributed by atoms with Crippen LogP contribution >= 0.6 is 0 Å². The first-order valence-corrected chi connectivity index (χ1v) is 6.88. The lowest BCUT2D eigenvalue weighted by atomic mass is 10.1. The fraction of sp³-hybridized carbons (Fsp3) is 1.00. The van der Waals surface area contributed by atoms with Crippen LogP contribution in [-0.2, 0) is 0 Å². The molecular formula is C13H26N2. The third-order valence-electron chi connectivity index (χ3n) is 3.68. The van der Waals surface area contributed by atoms with Gasteiger partial charge in [-0.1, -0.05) is 19.3 Å². The molecule has 0 aromatic heterocycles. The van der Waals surface area contributed by atoms with Gasteiger partial charge in [0.2, 0.25) is 0 Å². The van der Waals surface area contributed by atoms with Crippen molar-refractivity contribution in [2.45, 2.75) is 44.9 Å². The second-order valence-corrected chi connectivity index (χ2v) is 5.26. The highest BCUT2D eigenvalue weighted by atomic mass is 15.1. The van der Waals surface area contributed by atoms with Crippen molar-refractivity contribution in [1.82, 2.24) is 10.2 Å². The van der Waals surface area contributed by atoms with Gasteiger partial charge in [0, 0.05) is 13.1 Å². The summed E-state index contributed by atoms with van der Waals surface area (Å²) in [7, 11) is 0. The lowest BCUT2D eigenvalue weighted by molar-refractivity contribution is 0.247. The van der Waals surface area contributed by atoms with Crippen molar-refractivity contribution in [2.75, 3.05) is 32.7 Å². The Morgan fingerprint density at radius 3 is 2.27 bits per heavy atom. The summed E-state index contributed by atoms with van der Waals surface area (Å²) in [6.45, 7) is 6.42. The van der Waals surface area contributed by atoms with E-state index in [0.717, 1.165) is 5.92 Å². The molecule has 15 heavy (non-hydrogen) atoms. The van der Waals surface area contributed by atoms with E-state index in [9.17, 15) is 0 Å². The van der Waals surface area contributed by atoms with Crippen molar-refractivity contribution in [2.24, 2.45) is 5.92 Å². The van der Waals surface area contributed by atoms with Gasteiger partial charge in [-0.25, -0.2) is 0 Å². The van der Waals surface area contributed by atoms with Crippen LogP contribution in [0.2, 0.25) is 0 Å². The zero-order valence-corrected chi connectivity index (χ0v) is 10.0. The Balaban J connectivity index is 1.50. The highest BCUT2D eigenvalue weighted by molar-refractivity contribution is 4.75. The highest BCUT2D eigenvalue weighted by Gasteiger charge is 2.20. The molecule has 1 aliphatic carbocycles. The van der Waals surface area contributed by atoms with E-state index < -0.39 is 0 Å². The minimum absolute atomic E-state index is 1.03. The molecule has 1 saturated carbocycles. The Hall–Kier alpha value is -0.0800. The van der Waals surface area contributed by atoms with Crippen LogP contribution in [0.4, 0.5) is 0 Å². The second kappa shape index (κ2) is 6.49. The maximum absolute atomic E-state index is 3.59. The monoisotopic (exact) mass is 210 g/mol. The van der Waals surface area contributed by atoms with Crippen LogP contribution in [0.3, 0.4) is 0 Å². The fourth-order valence-corrected chi connectivity index (χ4v) is 2.40. The zero-order valence-electron chi connectivity index (χ0n) is 10.0. The van der Waals surface area contributed by atoms with Crippen molar-refractivity contribution in [3.8, 4) is 0 Å². The van der Waals surface area contributed by atoms with E-state index in [2.05, 4.69) is 10.2 Å². The molecule has 0 unspecified atom stereocenters. The Bertz CT molecular complexity index is 158. The summed E-state index contributed by atoms with van der Waals surface area (Å²) in [6, 6.07) is 0. The maximum Gasteiger partial charge on any atom is 0.0107 e. The third kappa shape index (κ3) is 4.98. The van der Waals surface area contributed by atoms with Crippen molar-refractivity contribution >= 4 is 0 Å². The van der Waals surface area contributed by atoms with E-state index >= 15 is 0 Å². The molecule has 88 valence electrons. The van der Waals surface area contributed by atoms with E-state index in [4.69, 9.17) is 0 Å². The van der Waals surface area contributed by atoms with Gasteiger partial charge < -0.3 is 10.2 Å². The summed E-state index contributed by atoms with van der Waals surface area (Å²) < 4.78 is 0. The van der Waals surface area contributed by atoms with Gasteiger partial charge in [0.1, 0.15) is 0 Å². The van der Waals surface area contributed by atoms with Crippen LogP contribution in [-0.4, -0.2) is 37.6 Å². The van der Waals surface area contributed by atoms with Crippen LogP contribution in [0, 0.1) is 5.92 Å². The van der Waals surface area contributed by atoms with Gasteiger partial charge in [0.05, 0.1) is 0 Å². The molecule has 0 atom stereocenters. The van der Waals surface area contributed by atoms with Gasteiger partial charge in [-0.05, 0) is 51.2 Å². The molecule has 2 nitrogen and oxygen atoms in total. The maximum atomic E-state index is 3.59. The van der Waals surface area contributed by atoms with Gasteiger partial charge >= 0.3 is 0 Å². The molecule has 0 aromatic rings. The van der Waals surface area contributed by atoms with E-state index in [1.54, 1.807) is 0 Å². The van der Waals surface area contributed by atoms with Crippen molar-refractivity contribution in [3.63, 3.8) is 0 Å². The Labute approximate surface area is 94.4 Å². The number of nitrogens with one attached hydrogen (secondary N) is 1. The first-order valence-electron chi connectivity index (χ1n) is 6.88. The van der Waals surface area contributed by atoms with Gasteiger partial charge in [-0.3, -0.25) is 0 Å². The second-order valence-electron chi connectivity index (χ2n) is 5.26. The normalized spacial score (nSPS) is 24.8. The molecular weight excluding hydrogens is 184 g/mol. The summed E-state index contributed by atoms with van der Waals surface area (Å²) >= 11 is 0. The van der Waals surface area contributed by atoms with E-state index in [-0.39, 0.29) is 0 Å². The van der Waals surface area contributed by atoms with Crippen LogP contribution in [0.25, 0.3) is 0 Å². The van der Waals surface area contributed by atoms with Crippen LogP contribution in [0.5, 0.6) is 0 Å². The number of rotatable bonds is 5. The predicted molar refractivity (Wildman–Crippen MR) is 65.1 cm³/mol. The van der Waals surface area contributed by atoms with Gasteiger partial charge in [-0.15, -0.1) is 0 Å². The predicted octanol–water partition coefficient (Wildman–Crippen LogP) is 2.25. The van der Waals surface area contributed by atoms with Crippen LogP contribution in [0.15, 0.2) is 0 Å². The van der Waals surface area contributed by atoms with Gasteiger partial charge in [0.25, 0.3) is 0 Å². The molecule has 2 fully saturated rings. The first kappa shape index (κ1) is 11.4. The molecule has 0 aromatic carbocycles. The summed E-state index contributed by atoms with van der Waals surface area (Å²) in [6.07, 6.45) is 10.1. The average molecular weight is 210 g/mol. The quantitative estimate of drug-likeness (QED) is 0.700. The number of nitrogens with zero attached hydrogens (tertiary/aromatic N) is 1. The molecule has 1 aliphatic heterocycles. The largest absolute Gasteiger partial charge is 0.315 e. The molecule has 1 N–H and O–H groups in total. The van der Waals surface area contributed by atoms with Gasteiger partial charge in [0.15, 0.2) is 0 Å². The molecule has 0 radical (unpaired) electrons. The topological polar surface area (TPSA) is 15.3 Å². The first-order chi connectivity index (χ1) is 7.45. The van der Waals surface area contributed by atoms with E-state index in [1.807, 2.05) is 0 Å². The summed E-state index contributed by atoms with van der Waals surface area (Å²) in [5.74, 6) is 1.03. The summed E-state index contributed by atoms with van der Waals surface area (Å²) in [5, 5.41) is 3.59. The minimum Gasteiger partial charge on any atom is -0.315 e. The molecule has 2 aliphatic rings. The highest BCUT2D eigenvalue weighted by Crippen LogP contribution is 2.27. The minimum atomic E-state index is 1.03. The molecule has 0 bridgehead atoms. The zero-order chi connectivity index (χ0) is 10.3. The molecule has 1 saturated heterocycles. The van der Waals surface area contributed by atoms with E-state index in [0.29, 0.717) is 0 Å². The number of likely N-dealkylation sites (tertiary alicyclic amines) is 1. The molecule has 1 heterocycles. The van der Waals surface area contributed by atoms with E-state index in [1.165, 1.54) is 77.7 Å².